The summed E-state index contributed by atoms with van der Waals surface area (Å²) >= 11 is 0. The molecule has 1 aromatic heterocycles. The van der Waals surface area contributed by atoms with Crippen molar-refractivity contribution in [3.8, 4) is 28.3 Å². The second-order valence-electron chi connectivity index (χ2n) is 6.94. The lowest BCUT2D eigenvalue weighted by molar-refractivity contribution is -0.139. The molecule has 1 N–H and O–H groups in total. The van der Waals surface area contributed by atoms with Crippen molar-refractivity contribution in [3.05, 3.63) is 59.9 Å². The third-order valence-corrected chi connectivity index (χ3v) is 4.11. The molecule has 5 nitrogen and oxygen atoms in total. The quantitative estimate of drug-likeness (QED) is 0.617. The third kappa shape index (κ3) is 4.77. The van der Waals surface area contributed by atoms with Crippen LogP contribution in [0.2, 0.25) is 0 Å². The van der Waals surface area contributed by atoms with E-state index in [0.717, 1.165) is 12.1 Å². The highest BCUT2D eigenvalue weighted by atomic mass is 19.2. The van der Waals surface area contributed by atoms with Crippen molar-refractivity contribution in [2.75, 3.05) is 6.61 Å². The van der Waals surface area contributed by atoms with Crippen molar-refractivity contribution in [1.82, 2.24) is 9.78 Å². The Balaban J connectivity index is 2.12. The fraction of sp³-hybridized carbons (Fsp3) is 0.238. The molecular weight excluding hydrogens is 385 g/mol. The number of aliphatic carboxylic acids is 1. The molecule has 2 aromatic carbocycles. The SMILES string of the molecule is CC(C)Cn1nc(-c2cc(F)c(F)cc2OCC(=O)O)cc1-c1ccc(F)cc1. The van der Waals surface area contributed by atoms with Crippen molar-refractivity contribution in [2.45, 2.75) is 20.4 Å². The van der Waals surface area contributed by atoms with Crippen LogP contribution in [0.4, 0.5) is 13.2 Å². The maximum absolute atomic E-state index is 13.9. The number of hydrogen-bond donors (Lipinski definition) is 1. The maximum Gasteiger partial charge on any atom is 0.341 e. The van der Waals surface area contributed by atoms with E-state index in [4.69, 9.17) is 9.84 Å². The van der Waals surface area contributed by atoms with E-state index >= 15 is 0 Å². The summed E-state index contributed by atoms with van der Waals surface area (Å²) in [6, 6.07) is 9.20. The summed E-state index contributed by atoms with van der Waals surface area (Å²) in [5, 5.41) is 13.3. The summed E-state index contributed by atoms with van der Waals surface area (Å²) < 4.78 is 47.7. The largest absolute Gasteiger partial charge is 0.481 e. The topological polar surface area (TPSA) is 64.4 Å². The molecule has 0 aliphatic rings. The zero-order valence-electron chi connectivity index (χ0n) is 15.8. The van der Waals surface area contributed by atoms with Crippen molar-refractivity contribution in [2.24, 2.45) is 5.92 Å². The minimum absolute atomic E-state index is 0.121. The fourth-order valence-corrected chi connectivity index (χ4v) is 2.87. The van der Waals surface area contributed by atoms with E-state index in [1.165, 1.54) is 12.1 Å². The lowest BCUT2D eigenvalue weighted by atomic mass is 10.1. The molecule has 8 heteroatoms. The molecule has 0 amide bonds. The third-order valence-electron chi connectivity index (χ3n) is 4.11. The number of halogens is 3. The van der Waals surface area contributed by atoms with Crippen molar-refractivity contribution in [3.63, 3.8) is 0 Å². The van der Waals surface area contributed by atoms with Gasteiger partial charge in [-0.2, -0.15) is 5.10 Å². The van der Waals surface area contributed by atoms with Crippen LogP contribution in [0.15, 0.2) is 42.5 Å². The molecule has 0 fully saturated rings. The molecule has 152 valence electrons. The van der Waals surface area contributed by atoms with Crippen LogP contribution in [0.1, 0.15) is 13.8 Å². The fourth-order valence-electron chi connectivity index (χ4n) is 2.87. The van der Waals surface area contributed by atoms with Gasteiger partial charge in [0.15, 0.2) is 18.2 Å². The number of hydrogen-bond acceptors (Lipinski definition) is 3. The second kappa shape index (κ2) is 8.38. The summed E-state index contributed by atoms with van der Waals surface area (Å²) in [7, 11) is 0. The molecule has 1 heterocycles. The van der Waals surface area contributed by atoms with E-state index in [2.05, 4.69) is 5.10 Å². The van der Waals surface area contributed by atoms with Crippen molar-refractivity contribution >= 4 is 5.97 Å². The molecule has 3 aromatic rings. The van der Waals surface area contributed by atoms with Gasteiger partial charge in [0.1, 0.15) is 11.6 Å². The van der Waals surface area contributed by atoms with Crippen LogP contribution in [0.5, 0.6) is 5.75 Å². The Morgan fingerprint density at radius 1 is 1.10 bits per heavy atom. The Morgan fingerprint density at radius 2 is 1.76 bits per heavy atom. The normalized spacial score (nSPS) is 11.1. The van der Waals surface area contributed by atoms with E-state index in [1.807, 2.05) is 13.8 Å². The molecule has 0 aliphatic carbocycles. The molecule has 0 aliphatic heterocycles. The summed E-state index contributed by atoms with van der Waals surface area (Å²) in [6.07, 6.45) is 0. The van der Waals surface area contributed by atoms with Crippen LogP contribution in [-0.2, 0) is 11.3 Å². The number of ether oxygens (including phenoxy) is 1. The first kappa shape index (κ1) is 20.4. The smallest absolute Gasteiger partial charge is 0.341 e. The average Bonchev–Trinajstić information content (AvgIpc) is 3.05. The molecule has 0 saturated carbocycles. The Hall–Kier alpha value is -3.29. The maximum atomic E-state index is 13.9. The highest BCUT2D eigenvalue weighted by molar-refractivity contribution is 5.74. The average molecular weight is 404 g/mol. The first-order valence-corrected chi connectivity index (χ1v) is 8.92. The minimum atomic E-state index is -1.25. The molecule has 0 radical (unpaired) electrons. The summed E-state index contributed by atoms with van der Waals surface area (Å²) in [5.41, 5.74) is 1.75. The molecular formula is C21H19F3N2O3. The number of nitrogens with zero attached hydrogens (tertiary/aromatic N) is 2. The number of rotatable bonds is 7. The molecule has 0 bridgehead atoms. The van der Waals surface area contributed by atoms with Gasteiger partial charge in [-0.1, -0.05) is 13.8 Å². The number of benzene rings is 2. The van der Waals surface area contributed by atoms with Gasteiger partial charge in [-0.25, -0.2) is 18.0 Å². The van der Waals surface area contributed by atoms with E-state index in [1.54, 1.807) is 22.9 Å². The molecule has 0 spiro atoms. The molecule has 0 unspecified atom stereocenters. The monoisotopic (exact) mass is 404 g/mol. The zero-order valence-corrected chi connectivity index (χ0v) is 15.8. The minimum Gasteiger partial charge on any atom is -0.481 e. The first-order chi connectivity index (χ1) is 13.7. The van der Waals surface area contributed by atoms with E-state index in [0.29, 0.717) is 17.8 Å². The van der Waals surface area contributed by atoms with Crippen molar-refractivity contribution in [1.29, 1.82) is 0 Å². The van der Waals surface area contributed by atoms with Gasteiger partial charge in [0.25, 0.3) is 0 Å². The Kier molecular flexibility index (Phi) is 5.91. The first-order valence-electron chi connectivity index (χ1n) is 8.92. The molecule has 29 heavy (non-hydrogen) atoms. The number of carboxylic acid groups (broad SMARTS) is 1. The Labute approximate surface area is 165 Å². The molecule has 0 atom stereocenters. The predicted octanol–water partition coefficient (Wildman–Crippen LogP) is 4.75. The van der Waals surface area contributed by atoms with Crippen LogP contribution >= 0.6 is 0 Å². The van der Waals surface area contributed by atoms with Crippen LogP contribution in [0.25, 0.3) is 22.5 Å². The van der Waals surface area contributed by atoms with Crippen LogP contribution in [-0.4, -0.2) is 27.5 Å². The Bertz CT molecular complexity index is 1030. The molecule has 3 rings (SSSR count). The van der Waals surface area contributed by atoms with E-state index in [9.17, 15) is 18.0 Å². The lowest BCUT2D eigenvalue weighted by Gasteiger charge is -2.10. The van der Waals surface area contributed by atoms with Gasteiger partial charge in [0.2, 0.25) is 0 Å². The second-order valence-corrected chi connectivity index (χ2v) is 6.94. The van der Waals surface area contributed by atoms with Crippen LogP contribution in [0.3, 0.4) is 0 Å². The highest BCUT2D eigenvalue weighted by Gasteiger charge is 2.19. The summed E-state index contributed by atoms with van der Waals surface area (Å²) in [6.45, 7) is 3.81. The van der Waals surface area contributed by atoms with E-state index < -0.39 is 24.2 Å². The van der Waals surface area contributed by atoms with Crippen molar-refractivity contribution < 1.29 is 27.8 Å². The number of carbonyl (C=O) groups is 1. The van der Waals surface area contributed by atoms with Gasteiger partial charge in [-0.05, 0) is 42.3 Å². The van der Waals surface area contributed by atoms with Crippen LogP contribution in [0, 0.1) is 23.4 Å². The van der Waals surface area contributed by atoms with Gasteiger partial charge in [-0.15, -0.1) is 0 Å². The van der Waals surface area contributed by atoms with Gasteiger partial charge >= 0.3 is 5.97 Å². The molecule has 0 saturated heterocycles. The zero-order chi connectivity index (χ0) is 21.1. The van der Waals surface area contributed by atoms with Gasteiger partial charge in [0.05, 0.1) is 11.4 Å². The standard InChI is InChI=1S/C21H19F3N2O3/c1-12(2)10-26-19(13-3-5-14(22)6-4-13)9-18(25-26)15-7-16(23)17(24)8-20(15)29-11-21(27)28/h3-9,12H,10-11H2,1-2H3,(H,27,28). The summed E-state index contributed by atoms with van der Waals surface area (Å²) in [5.74, 6) is -3.80. The summed E-state index contributed by atoms with van der Waals surface area (Å²) in [4.78, 5) is 10.8. The van der Waals surface area contributed by atoms with Gasteiger partial charge < -0.3 is 9.84 Å². The van der Waals surface area contributed by atoms with E-state index in [-0.39, 0.29) is 28.7 Å². The number of carboxylic acids is 1. The predicted molar refractivity (Wildman–Crippen MR) is 101 cm³/mol. The van der Waals surface area contributed by atoms with Gasteiger partial charge in [-0.3, -0.25) is 4.68 Å². The Morgan fingerprint density at radius 3 is 2.38 bits per heavy atom. The van der Waals surface area contributed by atoms with Gasteiger partial charge in [0, 0.05) is 23.7 Å². The number of aromatic nitrogens is 2. The lowest BCUT2D eigenvalue weighted by Crippen LogP contribution is -2.10. The van der Waals surface area contributed by atoms with Crippen LogP contribution < -0.4 is 4.74 Å². The highest BCUT2D eigenvalue weighted by Crippen LogP contribution is 2.34.